The third-order valence-electron chi connectivity index (χ3n) is 3.53. The van der Waals surface area contributed by atoms with Gasteiger partial charge in [0.25, 0.3) is 0 Å². The van der Waals surface area contributed by atoms with E-state index in [4.69, 9.17) is 0 Å². The van der Waals surface area contributed by atoms with E-state index in [0.717, 1.165) is 6.42 Å². The zero-order valence-corrected chi connectivity index (χ0v) is 8.56. The number of rotatable bonds is 1. The molecule has 0 fully saturated rings. The highest BCUT2D eigenvalue weighted by Gasteiger charge is 2.34. The monoisotopic (exact) mass is 198 g/mol. The van der Waals surface area contributed by atoms with Crippen molar-refractivity contribution in [3.63, 3.8) is 0 Å². The van der Waals surface area contributed by atoms with Crippen molar-refractivity contribution in [3.05, 3.63) is 59.2 Å². The third kappa shape index (κ3) is 1.20. The minimum absolute atomic E-state index is 0.229. The minimum Gasteiger partial charge on any atom is -0.395 e. The van der Waals surface area contributed by atoms with Crippen molar-refractivity contribution in [1.82, 2.24) is 0 Å². The van der Waals surface area contributed by atoms with Crippen molar-refractivity contribution in [1.29, 1.82) is 0 Å². The van der Waals surface area contributed by atoms with Gasteiger partial charge in [-0.25, -0.2) is 0 Å². The molecule has 1 nitrogen and oxygen atoms in total. The second-order valence-electron chi connectivity index (χ2n) is 4.25. The summed E-state index contributed by atoms with van der Waals surface area (Å²) in [5, 5.41) is 9.49. The average Bonchev–Trinajstić information content (AvgIpc) is 2.63. The number of benzene rings is 1. The van der Waals surface area contributed by atoms with Crippen LogP contribution in [-0.2, 0) is 0 Å². The molecule has 1 heteroatoms. The molecule has 2 aliphatic carbocycles. The molecule has 0 saturated heterocycles. The van der Waals surface area contributed by atoms with Gasteiger partial charge in [-0.05, 0) is 17.5 Å². The molecule has 0 radical (unpaired) electrons. The smallest absolute Gasteiger partial charge is 0.0537 e. The molecular formula is C14H14O. The molecule has 15 heavy (non-hydrogen) atoms. The molecule has 1 N–H and O–H groups in total. The molecule has 1 aromatic carbocycles. The summed E-state index contributed by atoms with van der Waals surface area (Å²) in [4.78, 5) is 0. The lowest BCUT2D eigenvalue weighted by molar-refractivity contribution is 0.279. The zero-order valence-electron chi connectivity index (χ0n) is 8.56. The summed E-state index contributed by atoms with van der Waals surface area (Å²) in [6, 6.07) is 8.50. The van der Waals surface area contributed by atoms with Crippen molar-refractivity contribution in [3.8, 4) is 0 Å². The van der Waals surface area contributed by atoms with Gasteiger partial charge in [0.1, 0.15) is 0 Å². The molecule has 0 bridgehead atoms. The van der Waals surface area contributed by atoms with E-state index in [-0.39, 0.29) is 12.5 Å². The van der Waals surface area contributed by atoms with E-state index in [0.29, 0.717) is 5.92 Å². The summed E-state index contributed by atoms with van der Waals surface area (Å²) in [6.07, 6.45) is 7.58. The quantitative estimate of drug-likeness (QED) is 0.735. The van der Waals surface area contributed by atoms with E-state index in [9.17, 15) is 5.11 Å². The number of fused-ring (bicyclic) bond motifs is 3. The van der Waals surface area contributed by atoms with Gasteiger partial charge in [0, 0.05) is 11.8 Å². The molecule has 0 aromatic heterocycles. The molecule has 2 aliphatic rings. The SMILES string of the molecule is OCC1C2=CC=CCC2c2ccccc21. The second kappa shape index (κ2) is 3.35. The fourth-order valence-electron chi connectivity index (χ4n) is 2.84. The molecule has 0 amide bonds. The highest BCUT2D eigenvalue weighted by molar-refractivity contribution is 5.52. The lowest BCUT2D eigenvalue weighted by Gasteiger charge is -2.17. The molecule has 2 atom stereocenters. The highest BCUT2D eigenvalue weighted by atomic mass is 16.3. The van der Waals surface area contributed by atoms with Crippen LogP contribution >= 0.6 is 0 Å². The number of allylic oxidation sites excluding steroid dienone is 3. The van der Waals surface area contributed by atoms with E-state index in [1.807, 2.05) is 0 Å². The van der Waals surface area contributed by atoms with Crippen LogP contribution in [0.3, 0.4) is 0 Å². The lowest BCUT2D eigenvalue weighted by Crippen LogP contribution is -2.05. The van der Waals surface area contributed by atoms with Crippen LogP contribution < -0.4 is 0 Å². The van der Waals surface area contributed by atoms with Gasteiger partial charge in [0.05, 0.1) is 6.61 Å². The molecule has 0 saturated carbocycles. The van der Waals surface area contributed by atoms with Gasteiger partial charge >= 0.3 is 0 Å². The fraction of sp³-hybridized carbons (Fsp3) is 0.286. The summed E-state index contributed by atoms with van der Waals surface area (Å²) >= 11 is 0. The minimum atomic E-state index is 0.229. The lowest BCUT2D eigenvalue weighted by atomic mass is 9.88. The van der Waals surface area contributed by atoms with Crippen molar-refractivity contribution in [2.75, 3.05) is 6.61 Å². The average molecular weight is 198 g/mol. The third-order valence-corrected chi connectivity index (χ3v) is 3.53. The maximum atomic E-state index is 9.49. The molecular weight excluding hydrogens is 184 g/mol. The first-order valence-corrected chi connectivity index (χ1v) is 5.48. The van der Waals surface area contributed by atoms with Gasteiger partial charge in [-0.15, -0.1) is 0 Å². The molecule has 2 unspecified atom stereocenters. The Morgan fingerprint density at radius 3 is 2.80 bits per heavy atom. The molecule has 0 aliphatic heterocycles. The van der Waals surface area contributed by atoms with Crippen molar-refractivity contribution in [2.24, 2.45) is 0 Å². The van der Waals surface area contributed by atoms with Crippen molar-refractivity contribution in [2.45, 2.75) is 18.3 Å². The Balaban J connectivity index is 2.17. The summed E-state index contributed by atoms with van der Waals surface area (Å²) in [5.74, 6) is 0.750. The van der Waals surface area contributed by atoms with Crippen molar-refractivity contribution >= 4 is 0 Å². The van der Waals surface area contributed by atoms with E-state index in [1.54, 1.807) is 0 Å². The molecule has 0 spiro atoms. The number of aliphatic hydroxyl groups is 1. The Bertz CT molecular complexity index is 427. The second-order valence-corrected chi connectivity index (χ2v) is 4.25. The van der Waals surface area contributed by atoms with Crippen molar-refractivity contribution < 1.29 is 5.11 Å². The van der Waals surface area contributed by atoms with Crippen LogP contribution in [0.15, 0.2) is 48.1 Å². The predicted molar refractivity (Wildman–Crippen MR) is 60.8 cm³/mol. The summed E-state index contributed by atoms with van der Waals surface area (Å²) < 4.78 is 0. The van der Waals surface area contributed by atoms with Gasteiger partial charge in [-0.3, -0.25) is 0 Å². The topological polar surface area (TPSA) is 20.2 Å². The van der Waals surface area contributed by atoms with Gasteiger partial charge in [0.2, 0.25) is 0 Å². The van der Waals surface area contributed by atoms with Gasteiger partial charge in [-0.2, -0.15) is 0 Å². The number of hydrogen-bond acceptors (Lipinski definition) is 1. The largest absolute Gasteiger partial charge is 0.395 e. The first kappa shape index (κ1) is 8.93. The fourth-order valence-corrected chi connectivity index (χ4v) is 2.84. The normalized spacial score (nSPS) is 27.1. The molecule has 1 aromatic rings. The van der Waals surface area contributed by atoms with Gasteiger partial charge in [-0.1, -0.05) is 48.1 Å². The maximum absolute atomic E-state index is 9.49. The highest BCUT2D eigenvalue weighted by Crippen LogP contribution is 2.48. The standard InChI is InChI=1S/C14H14O/c15-9-14-12-7-3-1-5-10(12)11-6-2-4-8-13(11)14/h1-5,7-8,11,14-15H,6,9H2. The molecule has 3 rings (SSSR count). The Labute approximate surface area is 89.8 Å². The summed E-state index contributed by atoms with van der Waals surface area (Å²) in [6.45, 7) is 0.229. The van der Waals surface area contributed by atoms with E-state index in [2.05, 4.69) is 42.5 Å². The van der Waals surface area contributed by atoms with Gasteiger partial charge < -0.3 is 5.11 Å². The maximum Gasteiger partial charge on any atom is 0.0537 e. The summed E-state index contributed by atoms with van der Waals surface area (Å²) in [7, 11) is 0. The van der Waals surface area contributed by atoms with Crippen LogP contribution in [0.4, 0.5) is 0 Å². The first-order valence-electron chi connectivity index (χ1n) is 5.48. The van der Waals surface area contributed by atoms with E-state index >= 15 is 0 Å². The van der Waals surface area contributed by atoms with E-state index < -0.39 is 0 Å². The van der Waals surface area contributed by atoms with Crippen LogP contribution in [0.2, 0.25) is 0 Å². The van der Waals surface area contributed by atoms with Crippen LogP contribution in [0, 0.1) is 0 Å². The van der Waals surface area contributed by atoms with Crippen LogP contribution in [-0.4, -0.2) is 11.7 Å². The number of aliphatic hydroxyl groups excluding tert-OH is 1. The number of hydrogen-bond donors (Lipinski definition) is 1. The first-order chi connectivity index (χ1) is 7.42. The summed E-state index contributed by atoms with van der Waals surface area (Å²) in [5.41, 5.74) is 4.12. The van der Waals surface area contributed by atoms with Crippen LogP contribution in [0.25, 0.3) is 0 Å². The van der Waals surface area contributed by atoms with E-state index in [1.165, 1.54) is 16.7 Å². The Hall–Kier alpha value is -1.34. The molecule has 76 valence electrons. The zero-order chi connectivity index (χ0) is 10.3. The Morgan fingerprint density at radius 1 is 1.20 bits per heavy atom. The molecule has 0 heterocycles. The van der Waals surface area contributed by atoms with Crippen LogP contribution in [0.1, 0.15) is 29.4 Å². The Morgan fingerprint density at radius 2 is 2.00 bits per heavy atom. The Kier molecular flexibility index (Phi) is 2.00. The predicted octanol–water partition coefficient (Wildman–Crippen LogP) is 2.75. The van der Waals surface area contributed by atoms with Crippen LogP contribution in [0.5, 0.6) is 0 Å². The van der Waals surface area contributed by atoms with Gasteiger partial charge in [0.15, 0.2) is 0 Å².